The smallest absolute Gasteiger partial charge is 0.119 e. The van der Waals surface area contributed by atoms with Crippen molar-refractivity contribution in [2.45, 2.75) is 141 Å². The first-order valence-corrected chi connectivity index (χ1v) is 17.2. The molecule has 2 aromatic carbocycles. The number of methoxy groups -OCH3 is 1. The van der Waals surface area contributed by atoms with Crippen LogP contribution >= 0.6 is 0 Å². The van der Waals surface area contributed by atoms with Gasteiger partial charge >= 0.3 is 0 Å². The standard InChI is InChI=1S/C38H59N3O2/c1-5-7-9-10-11-12-13-14-15-16-27-38(32-39,34-21-18-23-36(31-34)42-4)28-19-22-35(41-40-3)26-25-33-20-17-24-37(30-33)43-29-8-6-2/h17-18,20-21,23-24,30-31,35H,5-16,19,22,25-29H2,1-4H3. The molecule has 0 bridgehead atoms. The zero-order chi connectivity index (χ0) is 31.0. The molecule has 0 aromatic heterocycles. The van der Waals surface area contributed by atoms with Crippen molar-refractivity contribution in [2.24, 2.45) is 10.2 Å². The van der Waals surface area contributed by atoms with E-state index in [4.69, 9.17) is 9.47 Å². The lowest BCUT2D eigenvalue weighted by Crippen LogP contribution is -2.25. The summed E-state index contributed by atoms with van der Waals surface area (Å²) >= 11 is 0. The van der Waals surface area contributed by atoms with Gasteiger partial charge in [0, 0.05) is 7.05 Å². The molecule has 2 unspecified atom stereocenters. The second-order valence-corrected chi connectivity index (χ2v) is 12.1. The highest BCUT2D eigenvalue weighted by molar-refractivity contribution is 5.38. The number of aryl methyl sites for hydroxylation is 1. The van der Waals surface area contributed by atoms with Crippen LogP contribution in [0.5, 0.6) is 11.5 Å². The average Bonchev–Trinajstić information content (AvgIpc) is 3.04. The van der Waals surface area contributed by atoms with Crippen LogP contribution in [0, 0.1) is 11.3 Å². The van der Waals surface area contributed by atoms with E-state index in [1.807, 2.05) is 18.2 Å². The molecular weight excluding hydrogens is 530 g/mol. The number of nitrogens with zero attached hydrogens (tertiary/aromatic N) is 3. The Labute approximate surface area is 263 Å². The Kier molecular flexibility index (Phi) is 19.1. The third-order valence-corrected chi connectivity index (χ3v) is 8.64. The summed E-state index contributed by atoms with van der Waals surface area (Å²) in [6.07, 6.45) is 20.6. The Morgan fingerprint density at radius 3 is 2.09 bits per heavy atom. The highest BCUT2D eigenvalue weighted by Gasteiger charge is 2.32. The van der Waals surface area contributed by atoms with Crippen LogP contribution in [0.1, 0.15) is 134 Å². The van der Waals surface area contributed by atoms with Crippen molar-refractivity contribution in [3.8, 4) is 17.6 Å². The molecule has 0 aliphatic rings. The largest absolute Gasteiger partial charge is 0.497 e. The number of azo groups is 1. The Bertz CT molecular complexity index is 1060. The van der Waals surface area contributed by atoms with Crippen LogP contribution < -0.4 is 9.47 Å². The van der Waals surface area contributed by atoms with E-state index in [1.54, 1.807) is 14.2 Å². The van der Waals surface area contributed by atoms with Gasteiger partial charge in [0.1, 0.15) is 11.5 Å². The fourth-order valence-corrected chi connectivity index (χ4v) is 5.95. The van der Waals surface area contributed by atoms with Gasteiger partial charge in [0.2, 0.25) is 0 Å². The van der Waals surface area contributed by atoms with Crippen LogP contribution in [-0.2, 0) is 11.8 Å². The van der Waals surface area contributed by atoms with Gasteiger partial charge in [0.15, 0.2) is 0 Å². The fraction of sp³-hybridized carbons (Fsp3) is 0.658. The van der Waals surface area contributed by atoms with Crippen molar-refractivity contribution >= 4 is 0 Å². The summed E-state index contributed by atoms with van der Waals surface area (Å²) < 4.78 is 11.4. The van der Waals surface area contributed by atoms with E-state index < -0.39 is 5.41 Å². The first-order valence-electron chi connectivity index (χ1n) is 17.2. The predicted molar refractivity (Wildman–Crippen MR) is 180 cm³/mol. The number of hydrogen-bond acceptors (Lipinski definition) is 5. The number of unbranched alkanes of at least 4 members (excludes halogenated alkanes) is 10. The fourth-order valence-electron chi connectivity index (χ4n) is 5.95. The minimum absolute atomic E-state index is 0.147. The lowest BCUT2D eigenvalue weighted by atomic mass is 9.73. The molecule has 0 aliphatic carbocycles. The molecule has 2 rings (SSSR count). The highest BCUT2D eigenvalue weighted by atomic mass is 16.5. The van der Waals surface area contributed by atoms with E-state index >= 15 is 0 Å². The van der Waals surface area contributed by atoms with Crippen LogP contribution in [-0.4, -0.2) is 26.8 Å². The SMILES string of the molecule is CCCCCCCCCCCCC(C#N)(CCCC(CCc1cccc(OCCCC)c1)N=NC)c1cccc(OC)c1. The molecule has 0 radical (unpaired) electrons. The summed E-state index contributed by atoms with van der Waals surface area (Å²) in [5.74, 6) is 1.77. The lowest BCUT2D eigenvalue weighted by Gasteiger charge is -2.28. The maximum atomic E-state index is 10.6. The van der Waals surface area contributed by atoms with Crippen molar-refractivity contribution in [3.63, 3.8) is 0 Å². The molecule has 0 saturated carbocycles. The highest BCUT2D eigenvalue weighted by Crippen LogP contribution is 2.37. The van der Waals surface area contributed by atoms with Gasteiger partial charge in [-0.15, -0.1) is 0 Å². The monoisotopic (exact) mass is 589 g/mol. The first kappa shape index (κ1) is 36.3. The van der Waals surface area contributed by atoms with Crippen LogP contribution in [0.3, 0.4) is 0 Å². The van der Waals surface area contributed by atoms with Gasteiger partial charge in [-0.2, -0.15) is 15.5 Å². The summed E-state index contributed by atoms with van der Waals surface area (Å²) in [5.41, 5.74) is 1.85. The topological polar surface area (TPSA) is 67.0 Å². The zero-order valence-corrected chi connectivity index (χ0v) is 27.8. The van der Waals surface area contributed by atoms with Crippen molar-refractivity contribution in [1.82, 2.24) is 0 Å². The van der Waals surface area contributed by atoms with E-state index in [2.05, 4.69) is 60.5 Å². The van der Waals surface area contributed by atoms with E-state index in [0.717, 1.165) is 81.5 Å². The van der Waals surface area contributed by atoms with Crippen LogP contribution in [0.4, 0.5) is 0 Å². The Hall–Kier alpha value is -2.87. The molecule has 0 saturated heterocycles. The molecule has 0 heterocycles. The Morgan fingerprint density at radius 2 is 1.42 bits per heavy atom. The molecule has 5 heteroatoms. The molecule has 0 amide bonds. The normalized spacial score (nSPS) is 13.5. The minimum atomic E-state index is -0.507. The summed E-state index contributed by atoms with van der Waals surface area (Å²) in [7, 11) is 3.46. The van der Waals surface area contributed by atoms with Crippen molar-refractivity contribution in [1.29, 1.82) is 5.26 Å². The van der Waals surface area contributed by atoms with Crippen molar-refractivity contribution in [3.05, 3.63) is 59.7 Å². The summed E-state index contributed by atoms with van der Waals surface area (Å²) in [5, 5.41) is 19.4. The quantitative estimate of drug-likeness (QED) is 0.0854. The van der Waals surface area contributed by atoms with Gasteiger partial charge < -0.3 is 9.47 Å². The molecule has 0 spiro atoms. The Balaban J connectivity index is 1.95. The molecule has 5 nitrogen and oxygen atoms in total. The van der Waals surface area contributed by atoms with Crippen LogP contribution in [0.15, 0.2) is 58.8 Å². The van der Waals surface area contributed by atoms with Gasteiger partial charge in [-0.1, -0.05) is 109 Å². The van der Waals surface area contributed by atoms with Gasteiger partial charge in [0.25, 0.3) is 0 Å². The first-order chi connectivity index (χ1) is 21.1. The number of benzene rings is 2. The number of hydrogen-bond donors (Lipinski definition) is 0. The molecule has 0 fully saturated rings. The molecule has 2 atom stereocenters. The van der Waals surface area contributed by atoms with Gasteiger partial charge in [-0.3, -0.25) is 0 Å². The zero-order valence-electron chi connectivity index (χ0n) is 27.8. The minimum Gasteiger partial charge on any atom is -0.497 e. The van der Waals surface area contributed by atoms with Gasteiger partial charge in [0.05, 0.1) is 31.2 Å². The van der Waals surface area contributed by atoms with Crippen molar-refractivity contribution < 1.29 is 9.47 Å². The van der Waals surface area contributed by atoms with Crippen LogP contribution in [0.25, 0.3) is 0 Å². The molecule has 0 aliphatic heterocycles. The molecular formula is C38H59N3O2. The summed E-state index contributed by atoms with van der Waals surface area (Å²) in [6, 6.07) is 19.5. The molecule has 238 valence electrons. The number of nitriles is 1. The van der Waals surface area contributed by atoms with E-state index in [1.165, 1.54) is 63.4 Å². The third kappa shape index (κ3) is 14.4. The Morgan fingerprint density at radius 1 is 0.767 bits per heavy atom. The van der Waals surface area contributed by atoms with Crippen molar-refractivity contribution in [2.75, 3.05) is 20.8 Å². The second kappa shape index (κ2) is 22.6. The lowest BCUT2D eigenvalue weighted by molar-refractivity contribution is 0.309. The number of ether oxygens (including phenoxy) is 2. The maximum Gasteiger partial charge on any atom is 0.119 e. The van der Waals surface area contributed by atoms with Gasteiger partial charge in [-0.25, -0.2) is 0 Å². The summed E-state index contributed by atoms with van der Waals surface area (Å²) in [6.45, 7) is 5.21. The van der Waals surface area contributed by atoms with E-state index in [-0.39, 0.29) is 6.04 Å². The number of rotatable bonds is 25. The van der Waals surface area contributed by atoms with Gasteiger partial charge in [-0.05, 0) is 80.3 Å². The second-order valence-electron chi connectivity index (χ2n) is 12.1. The van der Waals surface area contributed by atoms with E-state index in [9.17, 15) is 5.26 Å². The molecule has 43 heavy (non-hydrogen) atoms. The molecule has 0 N–H and O–H groups in total. The predicted octanol–water partition coefficient (Wildman–Crippen LogP) is 11.2. The van der Waals surface area contributed by atoms with Crippen LogP contribution in [0.2, 0.25) is 0 Å². The maximum absolute atomic E-state index is 10.6. The average molecular weight is 590 g/mol. The molecule has 2 aromatic rings. The van der Waals surface area contributed by atoms with E-state index in [0.29, 0.717) is 0 Å². The third-order valence-electron chi connectivity index (χ3n) is 8.64. The summed E-state index contributed by atoms with van der Waals surface area (Å²) in [4.78, 5) is 0.